The maximum atomic E-state index is 9.13. The molecule has 0 bridgehead atoms. The van der Waals surface area contributed by atoms with Gasteiger partial charge in [-0.15, -0.1) is 0 Å². The average Bonchev–Trinajstić information content (AvgIpc) is 2.74. The van der Waals surface area contributed by atoms with E-state index in [4.69, 9.17) is 5.11 Å². The minimum atomic E-state index is -0.0143. The number of aliphatic hydroxyl groups excluding tert-OH is 1. The van der Waals surface area contributed by atoms with E-state index in [2.05, 4.69) is 18.9 Å². The molecule has 1 heterocycles. The molecular weight excluding hydrogens is 200 g/mol. The molecule has 0 aliphatic heterocycles. The number of hydrogen-bond acceptors (Lipinski definition) is 2. The predicted molar refractivity (Wildman–Crippen MR) is 63.6 cm³/mol. The molecule has 0 spiro atoms. The van der Waals surface area contributed by atoms with Crippen molar-refractivity contribution in [2.45, 2.75) is 26.4 Å². The smallest absolute Gasteiger partial charge is 0.0886 e. The molecule has 0 radical (unpaired) electrons. The molecule has 0 unspecified atom stereocenters. The topological polar surface area (TPSA) is 38.1 Å². The van der Waals surface area contributed by atoms with Crippen LogP contribution in [-0.4, -0.2) is 14.9 Å². The number of aliphatic hydroxyl groups is 1. The first-order valence-corrected chi connectivity index (χ1v) is 5.47. The fraction of sp³-hybridized carbons (Fsp3) is 0.308. The summed E-state index contributed by atoms with van der Waals surface area (Å²) in [4.78, 5) is 0. The second-order valence-corrected chi connectivity index (χ2v) is 4.12. The van der Waals surface area contributed by atoms with E-state index in [1.54, 1.807) is 0 Å². The van der Waals surface area contributed by atoms with Gasteiger partial charge in [-0.05, 0) is 24.1 Å². The third kappa shape index (κ3) is 1.99. The Labute approximate surface area is 95.3 Å². The summed E-state index contributed by atoms with van der Waals surface area (Å²) in [5.74, 6) is 0.382. The average molecular weight is 216 g/mol. The molecule has 16 heavy (non-hydrogen) atoms. The highest BCUT2D eigenvalue weighted by Gasteiger charge is 2.11. The summed E-state index contributed by atoms with van der Waals surface area (Å²) in [6.07, 6.45) is 0. The Morgan fingerprint density at radius 2 is 1.94 bits per heavy atom. The minimum absolute atomic E-state index is 0.0143. The molecule has 0 saturated heterocycles. The first-order valence-electron chi connectivity index (χ1n) is 5.47. The highest BCUT2D eigenvalue weighted by molar-refractivity contribution is 5.34. The highest BCUT2D eigenvalue weighted by Crippen LogP contribution is 2.20. The maximum absolute atomic E-state index is 9.13. The standard InChI is InChI=1S/C13H16N2O/c1-10(2)13-8-11(9-16)14-15(13)12-6-4-3-5-7-12/h3-8,10,16H,9H2,1-2H3. The monoisotopic (exact) mass is 216 g/mol. The van der Waals surface area contributed by atoms with Crippen LogP contribution in [0.1, 0.15) is 31.2 Å². The van der Waals surface area contributed by atoms with Gasteiger partial charge in [0.25, 0.3) is 0 Å². The van der Waals surface area contributed by atoms with E-state index in [0.29, 0.717) is 11.6 Å². The summed E-state index contributed by atoms with van der Waals surface area (Å²) in [7, 11) is 0. The molecule has 0 fully saturated rings. The SMILES string of the molecule is CC(C)c1cc(CO)nn1-c1ccccc1. The molecular formula is C13H16N2O. The van der Waals surface area contributed by atoms with Gasteiger partial charge in [0, 0.05) is 5.69 Å². The van der Waals surface area contributed by atoms with Gasteiger partial charge < -0.3 is 5.11 Å². The van der Waals surface area contributed by atoms with Crippen molar-refractivity contribution < 1.29 is 5.11 Å². The van der Waals surface area contributed by atoms with Crippen molar-refractivity contribution in [3.63, 3.8) is 0 Å². The van der Waals surface area contributed by atoms with Crippen LogP contribution in [0.5, 0.6) is 0 Å². The van der Waals surface area contributed by atoms with Crippen LogP contribution in [0, 0.1) is 0 Å². The summed E-state index contributed by atoms with van der Waals surface area (Å²) in [6, 6.07) is 11.9. The van der Waals surface area contributed by atoms with Gasteiger partial charge in [-0.2, -0.15) is 5.10 Å². The molecule has 1 aromatic carbocycles. The lowest BCUT2D eigenvalue weighted by Crippen LogP contribution is -2.03. The number of benzene rings is 1. The van der Waals surface area contributed by atoms with Crippen molar-refractivity contribution in [3.05, 3.63) is 47.8 Å². The molecule has 2 rings (SSSR count). The van der Waals surface area contributed by atoms with Crippen LogP contribution in [0.4, 0.5) is 0 Å². The van der Waals surface area contributed by atoms with E-state index < -0.39 is 0 Å². The van der Waals surface area contributed by atoms with Gasteiger partial charge in [-0.1, -0.05) is 32.0 Å². The Hall–Kier alpha value is -1.61. The summed E-state index contributed by atoms with van der Waals surface area (Å²) >= 11 is 0. The molecule has 0 atom stereocenters. The quantitative estimate of drug-likeness (QED) is 0.856. The van der Waals surface area contributed by atoms with Crippen molar-refractivity contribution in [2.75, 3.05) is 0 Å². The Kier molecular flexibility index (Phi) is 3.06. The summed E-state index contributed by atoms with van der Waals surface area (Å²) in [6.45, 7) is 4.23. The van der Waals surface area contributed by atoms with Crippen LogP contribution in [0.2, 0.25) is 0 Å². The van der Waals surface area contributed by atoms with E-state index in [1.807, 2.05) is 41.1 Å². The van der Waals surface area contributed by atoms with E-state index in [0.717, 1.165) is 11.4 Å². The van der Waals surface area contributed by atoms with E-state index >= 15 is 0 Å². The molecule has 0 aliphatic rings. The number of rotatable bonds is 3. The molecule has 3 heteroatoms. The Balaban J connectivity index is 2.51. The lowest BCUT2D eigenvalue weighted by molar-refractivity contribution is 0.276. The molecule has 3 nitrogen and oxygen atoms in total. The maximum Gasteiger partial charge on any atom is 0.0886 e. The molecule has 1 N–H and O–H groups in total. The van der Waals surface area contributed by atoms with Crippen LogP contribution in [0.25, 0.3) is 5.69 Å². The highest BCUT2D eigenvalue weighted by atomic mass is 16.3. The summed E-state index contributed by atoms with van der Waals surface area (Å²) in [5, 5.41) is 13.5. The molecule has 0 amide bonds. The fourth-order valence-electron chi connectivity index (χ4n) is 1.71. The Morgan fingerprint density at radius 3 is 2.50 bits per heavy atom. The van der Waals surface area contributed by atoms with Crippen molar-refractivity contribution >= 4 is 0 Å². The van der Waals surface area contributed by atoms with Crippen LogP contribution in [-0.2, 0) is 6.61 Å². The van der Waals surface area contributed by atoms with Gasteiger partial charge in [-0.25, -0.2) is 4.68 Å². The summed E-state index contributed by atoms with van der Waals surface area (Å²) < 4.78 is 1.90. The predicted octanol–water partition coefficient (Wildman–Crippen LogP) is 2.49. The Bertz CT molecular complexity index is 460. The van der Waals surface area contributed by atoms with Crippen LogP contribution in [0.15, 0.2) is 36.4 Å². The van der Waals surface area contributed by atoms with E-state index in [-0.39, 0.29) is 6.61 Å². The molecule has 84 valence electrons. The van der Waals surface area contributed by atoms with Crippen molar-refractivity contribution in [2.24, 2.45) is 0 Å². The zero-order chi connectivity index (χ0) is 11.5. The lowest BCUT2D eigenvalue weighted by atomic mass is 10.1. The molecule has 1 aromatic heterocycles. The minimum Gasteiger partial charge on any atom is -0.390 e. The molecule has 2 aromatic rings. The van der Waals surface area contributed by atoms with Gasteiger partial charge >= 0.3 is 0 Å². The van der Waals surface area contributed by atoms with Gasteiger partial charge in [0.05, 0.1) is 18.0 Å². The lowest BCUT2D eigenvalue weighted by Gasteiger charge is -2.09. The second kappa shape index (κ2) is 4.49. The van der Waals surface area contributed by atoms with Crippen molar-refractivity contribution in [1.82, 2.24) is 9.78 Å². The normalized spacial score (nSPS) is 11.0. The second-order valence-electron chi connectivity index (χ2n) is 4.12. The number of hydrogen-bond donors (Lipinski definition) is 1. The number of aromatic nitrogens is 2. The molecule has 0 aliphatic carbocycles. The van der Waals surface area contributed by atoms with E-state index in [1.165, 1.54) is 0 Å². The number of nitrogens with zero attached hydrogens (tertiary/aromatic N) is 2. The van der Waals surface area contributed by atoms with Crippen LogP contribution in [0.3, 0.4) is 0 Å². The van der Waals surface area contributed by atoms with E-state index in [9.17, 15) is 0 Å². The molecule has 0 saturated carbocycles. The largest absolute Gasteiger partial charge is 0.390 e. The summed E-state index contributed by atoms with van der Waals surface area (Å²) in [5.41, 5.74) is 2.87. The van der Waals surface area contributed by atoms with Gasteiger partial charge in [-0.3, -0.25) is 0 Å². The van der Waals surface area contributed by atoms with Gasteiger partial charge in [0.2, 0.25) is 0 Å². The number of para-hydroxylation sites is 1. The first-order chi connectivity index (χ1) is 7.72. The van der Waals surface area contributed by atoms with Crippen LogP contribution < -0.4 is 0 Å². The Morgan fingerprint density at radius 1 is 1.25 bits per heavy atom. The zero-order valence-corrected chi connectivity index (χ0v) is 9.59. The first kappa shape index (κ1) is 10.9. The fourth-order valence-corrected chi connectivity index (χ4v) is 1.71. The van der Waals surface area contributed by atoms with Crippen LogP contribution >= 0.6 is 0 Å². The zero-order valence-electron chi connectivity index (χ0n) is 9.59. The third-order valence-corrected chi connectivity index (χ3v) is 2.54. The van der Waals surface area contributed by atoms with Gasteiger partial charge in [0.1, 0.15) is 0 Å². The van der Waals surface area contributed by atoms with Crippen molar-refractivity contribution in [3.8, 4) is 5.69 Å². The van der Waals surface area contributed by atoms with Crippen molar-refractivity contribution in [1.29, 1.82) is 0 Å². The van der Waals surface area contributed by atoms with Gasteiger partial charge in [0.15, 0.2) is 0 Å². The third-order valence-electron chi connectivity index (χ3n) is 2.54.